The summed E-state index contributed by atoms with van der Waals surface area (Å²) in [4.78, 5) is 0. The van der Waals surface area contributed by atoms with E-state index in [1.54, 1.807) is 35.4 Å². The number of phenols is 6. The molecule has 0 saturated carbocycles. The van der Waals surface area contributed by atoms with Crippen LogP contribution < -0.4 is 0 Å². The lowest BCUT2D eigenvalue weighted by molar-refractivity contribution is 0.174. The van der Waals surface area contributed by atoms with Crippen LogP contribution in [0.1, 0.15) is 128 Å². The molecule has 0 unspecified atom stereocenters. The summed E-state index contributed by atoms with van der Waals surface area (Å²) in [6, 6.07) is 21.1. The van der Waals surface area contributed by atoms with Gasteiger partial charge in [-0.05, 0) is 132 Å². The molecule has 0 aliphatic heterocycles. The summed E-state index contributed by atoms with van der Waals surface area (Å²) in [5, 5.41) is 123. The van der Waals surface area contributed by atoms with Crippen LogP contribution in [0.15, 0.2) is 72.8 Å². The molecule has 0 heterocycles. The summed E-state index contributed by atoms with van der Waals surface area (Å²) in [6.45, 7) is 5.67. The Balaban J connectivity index is 0.000000276. The number of aromatic hydroxyl groups is 6. The lowest BCUT2D eigenvalue weighted by Gasteiger charge is -2.35. The molecule has 6 aromatic rings. The molecule has 6 aromatic carbocycles. The molecule has 16 nitrogen and oxygen atoms in total. The highest BCUT2D eigenvalue weighted by molar-refractivity contribution is 5.62. The summed E-state index contributed by atoms with van der Waals surface area (Å²) in [6.07, 6.45) is 1.34. The van der Waals surface area contributed by atoms with E-state index in [0.29, 0.717) is 57.5 Å². The Labute approximate surface area is 432 Å². The number of rotatable bonds is 22. The van der Waals surface area contributed by atoms with Crippen molar-refractivity contribution in [1.29, 1.82) is 0 Å². The van der Waals surface area contributed by atoms with Crippen LogP contribution in [0.2, 0.25) is 0 Å². The van der Waals surface area contributed by atoms with Crippen LogP contribution in [0.3, 0.4) is 0 Å². The first-order chi connectivity index (χ1) is 35.4. The minimum atomic E-state index is -1.20. The number of ether oxygens (including phenoxy) is 4. The summed E-state index contributed by atoms with van der Waals surface area (Å²) in [7, 11) is 6.37. The second-order valence-electron chi connectivity index (χ2n) is 18.5. The molecule has 0 aliphatic carbocycles. The molecule has 0 amide bonds. The number of hydrogen-bond donors (Lipinski definition) is 12. The Morgan fingerprint density at radius 2 is 0.432 bits per heavy atom. The molecular weight excluding hydrogens is 953 g/mol. The average molecular weight is 1030 g/mol. The molecule has 0 radical (unpaired) electrons. The van der Waals surface area contributed by atoms with Crippen molar-refractivity contribution >= 4 is 0 Å². The number of benzene rings is 6. The highest BCUT2D eigenvalue weighted by atomic mass is 16.5. The molecule has 400 valence electrons. The predicted octanol–water partition coefficient (Wildman–Crippen LogP) is 6.98. The zero-order valence-corrected chi connectivity index (χ0v) is 43.4. The second-order valence-corrected chi connectivity index (χ2v) is 18.5. The second kappa shape index (κ2) is 25.8. The molecule has 16 heteroatoms. The Morgan fingerprint density at radius 1 is 0.284 bits per heavy atom. The molecule has 0 fully saturated rings. The smallest absolute Gasteiger partial charge is 0.126 e. The van der Waals surface area contributed by atoms with Crippen molar-refractivity contribution in [2.75, 3.05) is 28.4 Å². The van der Waals surface area contributed by atoms with Crippen molar-refractivity contribution in [3.63, 3.8) is 0 Å². The topological polar surface area (TPSA) is 280 Å². The highest BCUT2D eigenvalue weighted by Crippen LogP contribution is 2.47. The van der Waals surface area contributed by atoms with Crippen molar-refractivity contribution in [1.82, 2.24) is 0 Å². The first-order valence-corrected chi connectivity index (χ1v) is 24.1. The summed E-state index contributed by atoms with van der Waals surface area (Å²) >= 11 is 0. The van der Waals surface area contributed by atoms with Crippen LogP contribution in [0.25, 0.3) is 0 Å². The van der Waals surface area contributed by atoms with Crippen LogP contribution in [-0.4, -0.2) is 89.7 Å². The van der Waals surface area contributed by atoms with Crippen LogP contribution >= 0.6 is 0 Å². The summed E-state index contributed by atoms with van der Waals surface area (Å²) in [5.41, 5.74) is 7.40. The molecule has 0 saturated heterocycles. The van der Waals surface area contributed by atoms with Gasteiger partial charge in [0.05, 0.1) is 66.1 Å². The van der Waals surface area contributed by atoms with Crippen molar-refractivity contribution in [2.24, 2.45) is 0 Å². The van der Waals surface area contributed by atoms with Gasteiger partial charge in [0, 0.05) is 94.9 Å². The fourth-order valence-corrected chi connectivity index (χ4v) is 9.62. The van der Waals surface area contributed by atoms with E-state index in [1.165, 1.54) is 36.4 Å². The predicted molar refractivity (Wildman–Crippen MR) is 277 cm³/mol. The Kier molecular flexibility index (Phi) is 20.4. The van der Waals surface area contributed by atoms with E-state index in [2.05, 4.69) is 6.92 Å². The van der Waals surface area contributed by atoms with E-state index in [0.717, 1.165) is 27.8 Å². The van der Waals surface area contributed by atoms with E-state index >= 15 is 0 Å². The van der Waals surface area contributed by atoms with Gasteiger partial charge in [-0.3, -0.25) is 0 Å². The Bertz CT molecular complexity index is 2520. The van der Waals surface area contributed by atoms with Gasteiger partial charge in [-0.2, -0.15) is 0 Å². The third-order valence-electron chi connectivity index (χ3n) is 14.1. The van der Waals surface area contributed by atoms with E-state index in [-0.39, 0.29) is 88.6 Å². The number of aliphatic hydroxyl groups excluding tert-OH is 6. The number of phenolic OH excluding ortho intramolecular Hbond substituents is 3. The van der Waals surface area contributed by atoms with Gasteiger partial charge in [-0.1, -0.05) is 26.0 Å². The van der Waals surface area contributed by atoms with Gasteiger partial charge in [0.25, 0.3) is 0 Å². The summed E-state index contributed by atoms with van der Waals surface area (Å²) in [5.74, 6) is -0.192. The normalized spacial score (nSPS) is 11.8. The number of aliphatic hydroxyl groups is 6. The fraction of sp³-hybridized carbons (Fsp3) is 0.379. The van der Waals surface area contributed by atoms with E-state index < -0.39 is 50.5 Å². The molecular formula is C58H72O16. The lowest BCUT2D eigenvalue weighted by atomic mass is 9.68. The van der Waals surface area contributed by atoms with Gasteiger partial charge in [0.1, 0.15) is 34.5 Å². The van der Waals surface area contributed by atoms with Crippen molar-refractivity contribution in [3.8, 4) is 34.5 Å². The molecule has 6 rings (SSSR count). The maximum atomic E-state index is 11.0. The van der Waals surface area contributed by atoms with E-state index in [1.807, 2.05) is 50.2 Å². The molecule has 0 aliphatic rings. The number of hydrogen-bond acceptors (Lipinski definition) is 16. The largest absolute Gasteiger partial charge is 0.507 e. The highest BCUT2D eigenvalue weighted by Gasteiger charge is 2.37. The van der Waals surface area contributed by atoms with Gasteiger partial charge in [-0.25, -0.2) is 0 Å². The first-order valence-electron chi connectivity index (χ1n) is 24.1. The molecule has 12 N–H and O–H groups in total. The van der Waals surface area contributed by atoms with Crippen LogP contribution in [-0.2, 0) is 109 Å². The maximum absolute atomic E-state index is 11.0. The van der Waals surface area contributed by atoms with Gasteiger partial charge >= 0.3 is 0 Å². The third kappa shape index (κ3) is 11.6. The Morgan fingerprint density at radius 3 is 0.595 bits per heavy atom. The van der Waals surface area contributed by atoms with Crippen molar-refractivity contribution in [3.05, 3.63) is 173 Å². The average Bonchev–Trinajstić information content (AvgIpc) is 3.40. The van der Waals surface area contributed by atoms with E-state index in [4.69, 9.17) is 18.9 Å². The van der Waals surface area contributed by atoms with Gasteiger partial charge in [0.15, 0.2) is 0 Å². The monoisotopic (exact) mass is 1020 g/mol. The van der Waals surface area contributed by atoms with Crippen molar-refractivity contribution in [2.45, 2.75) is 117 Å². The van der Waals surface area contributed by atoms with Crippen LogP contribution in [0, 0.1) is 0 Å². The molecule has 0 bridgehead atoms. The minimum Gasteiger partial charge on any atom is -0.507 e. The molecule has 0 atom stereocenters. The minimum absolute atomic E-state index is 0.143. The lowest BCUT2D eigenvalue weighted by Crippen LogP contribution is -2.27. The van der Waals surface area contributed by atoms with Crippen LogP contribution in [0.5, 0.6) is 34.5 Å². The molecule has 74 heavy (non-hydrogen) atoms. The zero-order valence-electron chi connectivity index (χ0n) is 43.4. The molecule has 0 spiro atoms. The van der Waals surface area contributed by atoms with Gasteiger partial charge < -0.3 is 80.2 Å². The standard InChI is InChI=1S/C32H42O7.C26H30O9/c1-8-20-10-26(11-21(9-2)29(20)33)32(3,27-12-22(16-36-4)30(34)23(13-27)17-37-5)28-14-24(18-38-6)31(35)25(15-28)19-39-7;1-26(20-2-14(8-27)23(33)15(3-20)9-28,21-4-16(10-29)24(34)17(5-21)11-30)22-6-18(12-31)25(35)19(7-22)13-32/h10-15,33-35H,8-9,16-19H2,1-7H3;2-7,27-35H,8-13H2,1H3. The zero-order chi connectivity index (χ0) is 54.7. The number of methoxy groups -OCH3 is 4. The first kappa shape index (κ1) is 58.6. The molecule has 0 aromatic heterocycles. The quantitative estimate of drug-likeness (QED) is 0.0306. The van der Waals surface area contributed by atoms with Gasteiger partial charge in [0.2, 0.25) is 0 Å². The Hall–Kier alpha value is -6.28. The fourth-order valence-electron chi connectivity index (χ4n) is 9.62. The van der Waals surface area contributed by atoms with E-state index in [9.17, 15) is 61.3 Å². The third-order valence-corrected chi connectivity index (χ3v) is 14.1. The SMILES string of the molecule is CC(c1cc(CO)c(O)c(CO)c1)(c1cc(CO)c(O)c(CO)c1)c1cc(CO)c(O)c(CO)c1.CCc1cc(C(C)(c2cc(COC)c(O)c(COC)c2)c2cc(COC)c(O)c(COC)c2)cc(CC)c1O. The maximum Gasteiger partial charge on any atom is 0.126 e. The van der Waals surface area contributed by atoms with Gasteiger partial charge in [-0.15, -0.1) is 0 Å². The number of aryl methyl sites for hydroxylation is 2. The van der Waals surface area contributed by atoms with Crippen molar-refractivity contribution < 1.29 is 80.2 Å². The van der Waals surface area contributed by atoms with Crippen LogP contribution in [0.4, 0.5) is 0 Å². The summed E-state index contributed by atoms with van der Waals surface area (Å²) < 4.78 is 21.7.